The van der Waals surface area contributed by atoms with Crippen LogP contribution in [0, 0.1) is 5.82 Å². The number of benzene rings is 1. The summed E-state index contributed by atoms with van der Waals surface area (Å²) in [5, 5.41) is 0. The summed E-state index contributed by atoms with van der Waals surface area (Å²) in [6.07, 6.45) is 1.53. The molecule has 1 amide bonds. The maximum atomic E-state index is 13.8. The predicted molar refractivity (Wildman–Crippen MR) is 83.2 cm³/mol. The molecule has 0 radical (unpaired) electrons. The van der Waals surface area contributed by atoms with Gasteiger partial charge in [-0.1, -0.05) is 12.1 Å². The lowest BCUT2D eigenvalue weighted by Gasteiger charge is -2.36. The molecule has 1 aromatic heterocycles. The van der Waals surface area contributed by atoms with Crippen LogP contribution in [0.2, 0.25) is 0 Å². The lowest BCUT2D eigenvalue weighted by molar-refractivity contribution is 0.0746. The monoisotopic (exact) mass is 300 g/mol. The molecular formula is C16H17FN4O. The van der Waals surface area contributed by atoms with E-state index in [9.17, 15) is 9.18 Å². The van der Waals surface area contributed by atoms with Crippen molar-refractivity contribution in [2.45, 2.75) is 0 Å². The van der Waals surface area contributed by atoms with Crippen molar-refractivity contribution in [3.63, 3.8) is 0 Å². The molecule has 1 fully saturated rings. The van der Waals surface area contributed by atoms with Crippen molar-refractivity contribution in [3.8, 4) is 0 Å². The number of piperazine rings is 1. The predicted octanol–water partition coefficient (Wildman–Crippen LogP) is 1.77. The Morgan fingerprint density at radius 1 is 1.14 bits per heavy atom. The smallest absolute Gasteiger partial charge is 0.254 e. The van der Waals surface area contributed by atoms with Crippen LogP contribution in [0.3, 0.4) is 0 Å². The van der Waals surface area contributed by atoms with E-state index in [0.29, 0.717) is 43.2 Å². The number of hydrogen-bond donors (Lipinski definition) is 1. The Hall–Kier alpha value is -2.63. The van der Waals surface area contributed by atoms with Gasteiger partial charge in [0.2, 0.25) is 0 Å². The van der Waals surface area contributed by atoms with E-state index >= 15 is 0 Å². The van der Waals surface area contributed by atoms with Gasteiger partial charge in [-0.2, -0.15) is 0 Å². The third kappa shape index (κ3) is 2.86. The first-order valence-electron chi connectivity index (χ1n) is 7.15. The average molecular weight is 300 g/mol. The second-order valence-electron chi connectivity index (χ2n) is 5.20. The Morgan fingerprint density at radius 2 is 1.86 bits per heavy atom. The number of hydrogen-bond acceptors (Lipinski definition) is 4. The van der Waals surface area contributed by atoms with E-state index in [-0.39, 0.29) is 11.7 Å². The number of amides is 1. The first-order valence-corrected chi connectivity index (χ1v) is 7.15. The van der Waals surface area contributed by atoms with Gasteiger partial charge >= 0.3 is 0 Å². The van der Waals surface area contributed by atoms with E-state index in [4.69, 9.17) is 5.73 Å². The van der Waals surface area contributed by atoms with Crippen molar-refractivity contribution in [1.82, 2.24) is 9.88 Å². The number of nitrogens with zero attached hydrogens (tertiary/aromatic N) is 3. The van der Waals surface area contributed by atoms with Gasteiger partial charge in [-0.05, 0) is 24.3 Å². The van der Waals surface area contributed by atoms with E-state index in [1.807, 2.05) is 11.0 Å². The summed E-state index contributed by atoms with van der Waals surface area (Å²) in [6, 6.07) is 9.93. The maximum absolute atomic E-state index is 13.8. The van der Waals surface area contributed by atoms with Crippen LogP contribution in [0.1, 0.15) is 10.4 Å². The molecule has 0 bridgehead atoms. The van der Waals surface area contributed by atoms with Crippen LogP contribution in [0.4, 0.5) is 15.9 Å². The highest BCUT2D eigenvalue weighted by atomic mass is 19.1. The fraction of sp³-hybridized carbons (Fsp3) is 0.250. The van der Waals surface area contributed by atoms with Gasteiger partial charge in [0.1, 0.15) is 11.6 Å². The van der Waals surface area contributed by atoms with Gasteiger partial charge in [0, 0.05) is 37.9 Å². The van der Waals surface area contributed by atoms with Crippen LogP contribution in [-0.2, 0) is 0 Å². The van der Waals surface area contributed by atoms with Crippen LogP contribution in [0.15, 0.2) is 42.6 Å². The van der Waals surface area contributed by atoms with Crippen molar-refractivity contribution in [2.24, 2.45) is 0 Å². The van der Waals surface area contributed by atoms with Crippen LogP contribution < -0.4 is 10.6 Å². The Kier molecular flexibility index (Phi) is 3.91. The second kappa shape index (κ2) is 6.01. The molecule has 0 aliphatic carbocycles. The molecule has 1 aliphatic heterocycles. The van der Waals surface area contributed by atoms with E-state index in [1.165, 1.54) is 12.3 Å². The molecular weight excluding hydrogens is 283 g/mol. The Balaban J connectivity index is 1.67. The van der Waals surface area contributed by atoms with Gasteiger partial charge in [0.15, 0.2) is 0 Å². The van der Waals surface area contributed by atoms with Gasteiger partial charge in [-0.3, -0.25) is 4.79 Å². The van der Waals surface area contributed by atoms with Crippen molar-refractivity contribution in [3.05, 3.63) is 54.0 Å². The number of carbonyl (C=O) groups excluding carboxylic acids is 1. The molecule has 2 heterocycles. The fourth-order valence-corrected chi connectivity index (χ4v) is 2.62. The van der Waals surface area contributed by atoms with Crippen LogP contribution in [-0.4, -0.2) is 42.0 Å². The van der Waals surface area contributed by atoms with Gasteiger partial charge in [0.25, 0.3) is 5.91 Å². The highest BCUT2D eigenvalue weighted by Gasteiger charge is 2.23. The molecule has 114 valence electrons. The largest absolute Gasteiger partial charge is 0.384 e. The minimum absolute atomic E-state index is 0.0673. The molecule has 3 rings (SSSR count). The number of nitrogens with two attached hydrogens (primary N) is 1. The summed E-state index contributed by atoms with van der Waals surface area (Å²) >= 11 is 0. The lowest BCUT2D eigenvalue weighted by atomic mass is 10.2. The maximum Gasteiger partial charge on any atom is 0.254 e. The quantitative estimate of drug-likeness (QED) is 0.918. The summed E-state index contributed by atoms with van der Waals surface area (Å²) < 4.78 is 13.8. The van der Waals surface area contributed by atoms with E-state index < -0.39 is 0 Å². The van der Waals surface area contributed by atoms with Crippen LogP contribution in [0.25, 0.3) is 0 Å². The topological polar surface area (TPSA) is 62.5 Å². The standard InChI is InChI=1S/C16H17FN4O/c17-13-3-1-2-4-14(13)20-7-9-21(10-8-20)16(22)12-5-6-19-15(18)11-12/h1-6,11H,7-10H2,(H2,18,19). The fourth-order valence-electron chi connectivity index (χ4n) is 2.62. The SMILES string of the molecule is Nc1cc(C(=O)N2CCN(c3ccccc3F)CC2)ccn1. The molecule has 0 atom stereocenters. The van der Waals surface area contributed by atoms with Gasteiger partial charge in [0.05, 0.1) is 5.69 Å². The normalized spacial score (nSPS) is 15.0. The molecule has 0 unspecified atom stereocenters. The summed E-state index contributed by atoms with van der Waals surface area (Å²) in [7, 11) is 0. The van der Waals surface area contributed by atoms with E-state index in [2.05, 4.69) is 4.98 Å². The van der Waals surface area contributed by atoms with E-state index in [1.54, 1.807) is 29.2 Å². The summed E-state index contributed by atoms with van der Waals surface area (Å²) in [4.78, 5) is 20.0. The minimum atomic E-state index is -0.232. The van der Waals surface area contributed by atoms with E-state index in [0.717, 1.165) is 0 Å². The molecule has 2 aromatic rings. The number of carbonyl (C=O) groups is 1. The summed E-state index contributed by atoms with van der Waals surface area (Å²) in [5.41, 5.74) is 6.73. The number of nitrogen functional groups attached to an aromatic ring is 1. The third-order valence-corrected chi connectivity index (χ3v) is 3.79. The summed E-state index contributed by atoms with van der Waals surface area (Å²) in [6.45, 7) is 2.31. The highest BCUT2D eigenvalue weighted by molar-refractivity contribution is 5.94. The molecule has 0 spiro atoms. The molecule has 5 nitrogen and oxygen atoms in total. The van der Waals surface area contributed by atoms with Crippen molar-refractivity contribution < 1.29 is 9.18 Å². The minimum Gasteiger partial charge on any atom is -0.384 e. The number of halogens is 1. The number of para-hydroxylation sites is 1. The lowest BCUT2D eigenvalue weighted by Crippen LogP contribution is -2.49. The molecule has 1 aliphatic rings. The van der Waals surface area contributed by atoms with Crippen LogP contribution in [0.5, 0.6) is 0 Å². The number of rotatable bonds is 2. The molecule has 6 heteroatoms. The van der Waals surface area contributed by atoms with Gasteiger partial charge in [-0.15, -0.1) is 0 Å². The van der Waals surface area contributed by atoms with Crippen molar-refractivity contribution >= 4 is 17.4 Å². The second-order valence-corrected chi connectivity index (χ2v) is 5.20. The highest BCUT2D eigenvalue weighted by Crippen LogP contribution is 2.20. The van der Waals surface area contributed by atoms with Gasteiger partial charge in [-0.25, -0.2) is 9.37 Å². The third-order valence-electron chi connectivity index (χ3n) is 3.79. The average Bonchev–Trinajstić information content (AvgIpc) is 2.55. The first-order chi connectivity index (χ1) is 10.6. The first kappa shape index (κ1) is 14.3. The molecule has 22 heavy (non-hydrogen) atoms. The zero-order valence-electron chi connectivity index (χ0n) is 12.1. The van der Waals surface area contributed by atoms with Crippen LogP contribution >= 0.6 is 0 Å². The summed E-state index contributed by atoms with van der Waals surface area (Å²) in [5.74, 6) is 0.0299. The number of anilines is 2. The zero-order valence-corrected chi connectivity index (χ0v) is 12.1. The van der Waals surface area contributed by atoms with Crippen molar-refractivity contribution in [1.29, 1.82) is 0 Å². The number of aromatic nitrogens is 1. The molecule has 0 saturated carbocycles. The molecule has 2 N–H and O–H groups in total. The van der Waals surface area contributed by atoms with Gasteiger partial charge < -0.3 is 15.5 Å². The Labute approximate surface area is 128 Å². The van der Waals surface area contributed by atoms with Crippen molar-refractivity contribution in [2.75, 3.05) is 36.8 Å². The Bertz CT molecular complexity index is 683. The zero-order chi connectivity index (χ0) is 15.5. The Morgan fingerprint density at radius 3 is 2.55 bits per heavy atom. The number of pyridine rings is 1. The molecule has 1 aromatic carbocycles. The molecule has 1 saturated heterocycles.